The van der Waals surface area contributed by atoms with Crippen LogP contribution in [0.5, 0.6) is 0 Å². The zero-order valence-corrected chi connectivity index (χ0v) is 19.9. The standard InChI is InChI=1S/C30H33NO3/c1-23-28(32)18-19-31(24(2)27-16-10-5-11-17-27)30(23)29(34-21-26-14-8-4-9-15-26)22-33-20-25-12-6-3-7-13-25/h3-19,23-24,29-30H,20-22H2,1-2H3/t23-,24-,29+,30+/m0/s1. The van der Waals surface area contributed by atoms with E-state index in [1.807, 2.05) is 55.6 Å². The van der Waals surface area contributed by atoms with Gasteiger partial charge in [-0.05, 0) is 29.7 Å². The van der Waals surface area contributed by atoms with E-state index in [4.69, 9.17) is 9.47 Å². The van der Waals surface area contributed by atoms with Crippen LogP contribution in [-0.2, 0) is 27.5 Å². The molecule has 4 rings (SSSR count). The summed E-state index contributed by atoms with van der Waals surface area (Å²) in [7, 11) is 0. The second kappa shape index (κ2) is 11.8. The van der Waals surface area contributed by atoms with Crippen molar-refractivity contribution in [3.8, 4) is 0 Å². The molecule has 0 aliphatic carbocycles. The Morgan fingerprint density at radius 1 is 0.824 bits per heavy atom. The molecular formula is C30H33NO3. The molecule has 3 aromatic rings. The predicted molar refractivity (Wildman–Crippen MR) is 135 cm³/mol. The number of carbonyl (C=O) groups excluding carboxylic acids is 1. The van der Waals surface area contributed by atoms with Gasteiger partial charge in [0.05, 0.1) is 31.9 Å². The molecule has 4 heteroatoms. The lowest BCUT2D eigenvalue weighted by molar-refractivity contribution is -0.128. The van der Waals surface area contributed by atoms with Crippen molar-refractivity contribution in [2.24, 2.45) is 5.92 Å². The summed E-state index contributed by atoms with van der Waals surface area (Å²) >= 11 is 0. The van der Waals surface area contributed by atoms with Gasteiger partial charge in [0.1, 0.15) is 6.10 Å². The molecule has 0 bridgehead atoms. The van der Waals surface area contributed by atoms with E-state index < -0.39 is 0 Å². The molecule has 3 aromatic carbocycles. The van der Waals surface area contributed by atoms with Gasteiger partial charge in [0, 0.05) is 12.1 Å². The van der Waals surface area contributed by atoms with E-state index >= 15 is 0 Å². The van der Waals surface area contributed by atoms with Gasteiger partial charge in [0.15, 0.2) is 5.78 Å². The van der Waals surface area contributed by atoms with E-state index in [0.717, 1.165) is 11.1 Å². The molecule has 176 valence electrons. The van der Waals surface area contributed by atoms with Gasteiger partial charge in [0.2, 0.25) is 0 Å². The normalized spacial score (nSPS) is 19.7. The lowest BCUT2D eigenvalue weighted by Gasteiger charge is -2.44. The fraction of sp³-hybridized carbons (Fsp3) is 0.300. The third-order valence-electron chi connectivity index (χ3n) is 6.53. The third kappa shape index (κ3) is 6.02. The molecule has 4 atom stereocenters. The van der Waals surface area contributed by atoms with Gasteiger partial charge in [-0.3, -0.25) is 4.79 Å². The van der Waals surface area contributed by atoms with Crippen LogP contribution in [0.4, 0.5) is 0 Å². The Morgan fingerprint density at radius 3 is 2.00 bits per heavy atom. The SMILES string of the molecule is C[C@H]1C(=O)C=CN([C@@H](C)c2ccccc2)[C@H]1[C@@H](COCc1ccccc1)OCc1ccccc1. The molecule has 1 aliphatic heterocycles. The van der Waals surface area contributed by atoms with Gasteiger partial charge >= 0.3 is 0 Å². The zero-order chi connectivity index (χ0) is 23.8. The summed E-state index contributed by atoms with van der Waals surface area (Å²) in [6.45, 7) is 5.54. The molecule has 1 aliphatic rings. The van der Waals surface area contributed by atoms with Crippen molar-refractivity contribution in [2.45, 2.75) is 45.2 Å². The monoisotopic (exact) mass is 455 g/mol. The average molecular weight is 456 g/mol. The Kier molecular flexibility index (Phi) is 8.29. The number of rotatable bonds is 10. The Bertz CT molecular complexity index is 1050. The molecule has 4 nitrogen and oxygen atoms in total. The summed E-state index contributed by atoms with van der Waals surface area (Å²) < 4.78 is 12.6. The van der Waals surface area contributed by atoms with Crippen molar-refractivity contribution in [2.75, 3.05) is 6.61 Å². The van der Waals surface area contributed by atoms with Gasteiger partial charge in [-0.1, -0.05) is 97.9 Å². The van der Waals surface area contributed by atoms with Crippen LogP contribution in [0.1, 0.15) is 36.6 Å². The highest BCUT2D eigenvalue weighted by molar-refractivity contribution is 5.92. The minimum absolute atomic E-state index is 0.0925. The van der Waals surface area contributed by atoms with E-state index in [2.05, 4.69) is 60.4 Å². The first kappa shape index (κ1) is 23.9. The highest BCUT2D eigenvalue weighted by Gasteiger charge is 2.39. The molecule has 0 aromatic heterocycles. The van der Waals surface area contributed by atoms with Gasteiger partial charge in [0.25, 0.3) is 0 Å². The largest absolute Gasteiger partial charge is 0.374 e. The van der Waals surface area contributed by atoms with Crippen LogP contribution in [0.25, 0.3) is 0 Å². The molecule has 0 spiro atoms. The molecule has 0 saturated heterocycles. The average Bonchev–Trinajstić information content (AvgIpc) is 2.89. The first-order valence-corrected chi connectivity index (χ1v) is 11.9. The molecule has 0 N–H and O–H groups in total. The van der Waals surface area contributed by atoms with Crippen LogP contribution in [0.2, 0.25) is 0 Å². The molecular weight excluding hydrogens is 422 g/mol. The first-order chi connectivity index (χ1) is 16.6. The van der Waals surface area contributed by atoms with E-state index in [-0.39, 0.29) is 29.9 Å². The smallest absolute Gasteiger partial charge is 0.162 e. The van der Waals surface area contributed by atoms with Gasteiger partial charge < -0.3 is 14.4 Å². The summed E-state index contributed by atoms with van der Waals surface area (Å²) in [6, 6.07) is 30.6. The number of ketones is 1. The number of allylic oxidation sites excluding steroid dienone is 1. The summed E-state index contributed by atoms with van der Waals surface area (Å²) in [6.07, 6.45) is 3.35. The van der Waals surface area contributed by atoms with Crippen molar-refractivity contribution in [1.29, 1.82) is 0 Å². The summed E-state index contributed by atoms with van der Waals surface area (Å²) in [4.78, 5) is 15.0. The Hall–Kier alpha value is -3.21. The van der Waals surface area contributed by atoms with Gasteiger partial charge in [-0.2, -0.15) is 0 Å². The number of hydrogen-bond donors (Lipinski definition) is 0. The van der Waals surface area contributed by atoms with E-state index in [1.54, 1.807) is 6.08 Å². The molecule has 34 heavy (non-hydrogen) atoms. The van der Waals surface area contributed by atoms with Crippen molar-refractivity contribution in [3.63, 3.8) is 0 Å². The lowest BCUT2D eigenvalue weighted by Crippen LogP contribution is -2.52. The topological polar surface area (TPSA) is 38.8 Å². The number of ether oxygens (including phenoxy) is 2. The van der Waals surface area contributed by atoms with Crippen molar-refractivity contribution in [3.05, 3.63) is 120 Å². The van der Waals surface area contributed by atoms with Gasteiger partial charge in [-0.25, -0.2) is 0 Å². The summed E-state index contributed by atoms with van der Waals surface area (Å²) in [5, 5.41) is 0. The lowest BCUT2D eigenvalue weighted by atomic mass is 9.87. The van der Waals surface area contributed by atoms with E-state index in [1.165, 1.54) is 5.56 Å². The number of hydrogen-bond acceptors (Lipinski definition) is 4. The highest BCUT2D eigenvalue weighted by atomic mass is 16.5. The fourth-order valence-corrected chi connectivity index (χ4v) is 4.53. The maximum atomic E-state index is 12.8. The second-order valence-corrected chi connectivity index (χ2v) is 8.87. The Morgan fingerprint density at radius 2 is 1.38 bits per heavy atom. The summed E-state index contributed by atoms with van der Waals surface area (Å²) in [5.41, 5.74) is 3.42. The number of benzene rings is 3. The maximum Gasteiger partial charge on any atom is 0.162 e. The van der Waals surface area contributed by atoms with Crippen LogP contribution >= 0.6 is 0 Å². The Labute approximate surface area is 202 Å². The van der Waals surface area contributed by atoms with Crippen LogP contribution < -0.4 is 0 Å². The van der Waals surface area contributed by atoms with Crippen LogP contribution in [0.15, 0.2) is 103 Å². The molecule has 1 heterocycles. The second-order valence-electron chi connectivity index (χ2n) is 8.87. The number of carbonyl (C=O) groups is 1. The minimum Gasteiger partial charge on any atom is -0.374 e. The highest BCUT2D eigenvalue weighted by Crippen LogP contribution is 2.32. The van der Waals surface area contributed by atoms with Crippen LogP contribution in [-0.4, -0.2) is 29.4 Å². The molecule has 0 amide bonds. The predicted octanol–water partition coefficient (Wildman–Crippen LogP) is 5.95. The maximum absolute atomic E-state index is 12.8. The molecule has 0 fully saturated rings. The minimum atomic E-state index is -0.279. The first-order valence-electron chi connectivity index (χ1n) is 11.9. The van der Waals surface area contributed by atoms with E-state index in [9.17, 15) is 4.79 Å². The van der Waals surface area contributed by atoms with E-state index in [0.29, 0.717) is 19.8 Å². The van der Waals surface area contributed by atoms with Crippen LogP contribution in [0, 0.1) is 5.92 Å². The molecule has 0 saturated carbocycles. The molecule has 0 unspecified atom stereocenters. The van der Waals surface area contributed by atoms with Gasteiger partial charge in [-0.15, -0.1) is 0 Å². The Balaban J connectivity index is 1.57. The summed E-state index contributed by atoms with van der Waals surface area (Å²) in [5.74, 6) is -0.0878. The fourth-order valence-electron chi connectivity index (χ4n) is 4.53. The van der Waals surface area contributed by atoms with Crippen LogP contribution in [0.3, 0.4) is 0 Å². The van der Waals surface area contributed by atoms with Crippen molar-refractivity contribution in [1.82, 2.24) is 4.90 Å². The third-order valence-corrected chi connectivity index (χ3v) is 6.53. The van der Waals surface area contributed by atoms with Crippen molar-refractivity contribution >= 4 is 5.78 Å². The zero-order valence-electron chi connectivity index (χ0n) is 19.9. The quantitative estimate of drug-likeness (QED) is 0.379. The van der Waals surface area contributed by atoms with Crippen molar-refractivity contribution < 1.29 is 14.3 Å². The molecule has 0 radical (unpaired) electrons. The number of nitrogens with zero attached hydrogens (tertiary/aromatic N) is 1.